The Hall–Kier alpha value is -3.16. The molecule has 2 aromatic carbocycles. The average molecular weight is 448 g/mol. The van der Waals surface area contributed by atoms with E-state index < -0.39 is 0 Å². The summed E-state index contributed by atoms with van der Waals surface area (Å²) in [4.78, 5) is 11.3. The zero-order valence-corrected chi connectivity index (χ0v) is 19.6. The van der Waals surface area contributed by atoms with Crippen molar-refractivity contribution in [3.05, 3.63) is 77.7 Å². The fraction of sp³-hybridized carbons (Fsp3) is 0.385. The van der Waals surface area contributed by atoms with Crippen molar-refractivity contribution in [3.8, 4) is 11.5 Å². The van der Waals surface area contributed by atoms with Gasteiger partial charge in [-0.05, 0) is 37.1 Å². The van der Waals surface area contributed by atoms with E-state index in [0.717, 1.165) is 36.9 Å². The maximum Gasteiger partial charge on any atom is 0.226 e. The number of rotatable bonds is 7. The second-order valence-electron chi connectivity index (χ2n) is 8.56. The first kappa shape index (κ1) is 23.0. The normalized spacial score (nSPS) is 19.4. The number of morpholine rings is 1. The van der Waals surface area contributed by atoms with Crippen LogP contribution in [0.3, 0.4) is 0 Å². The molecule has 4 rings (SSSR count). The number of hydrogen-bond acceptors (Lipinski definition) is 5. The second-order valence-corrected chi connectivity index (χ2v) is 8.56. The van der Waals surface area contributed by atoms with Crippen LogP contribution >= 0.6 is 0 Å². The maximum absolute atomic E-state index is 5.83. The molecule has 1 aliphatic rings. The molecular weight excluding hydrogens is 414 g/mol. The van der Waals surface area contributed by atoms with Crippen molar-refractivity contribution < 1.29 is 9.15 Å². The monoisotopic (exact) mass is 447 g/mol. The highest BCUT2D eigenvalue weighted by Crippen LogP contribution is 2.18. The first-order valence-electron chi connectivity index (χ1n) is 11.5. The molecule has 3 aromatic rings. The lowest BCUT2D eigenvalue weighted by molar-refractivity contribution is -0.0704. The van der Waals surface area contributed by atoms with E-state index in [1.807, 2.05) is 30.3 Å². The van der Waals surface area contributed by atoms with Crippen LogP contribution in [-0.4, -0.2) is 48.2 Å². The largest absolute Gasteiger partial charge is 0.444 e. The minimum absolute atomic E-state index is 0.290. The summed E-state index contributed by atoms with van der Waals surface area (Å²) in [6, 6.07) is 18.6. The van der Waals surface area contributed by atoms with E-state index in [1.54, 1.807) is 13.3 Å². The van der Waals surface area contributed by atoms with Crippen LogP contribution in [0, 0.1) is 0 Å². The van der Waals surface area contributed by atoms with Gasteiger partial charge in [-0.15, -0.1) is 0 Å². The molecule has 2 unspecified atom stereocenters. The van der Waals surface area contributed by atoms with Crippen LogP contribution < -0.4 is 10.6 Å². The Labute approximate surface area is 195 Å². The van der Waals surface area contributed by atoms with E-state index in [0.29, 0.717) is 31.2 Å². The van der Waals surface area contributed by atoms with Gasteiger partial charge in [0.15, 0.2) is 5.96 Å². The molecule has 0 amide bonds. The van der Waals surface area contributed by atoms with E-state index >= 15 is 0 Å². The molecule has 1 fully saturated rings. The fourth-order valence-electron chi connectivity index (χ4n) is 4.12. The van der Waals surface area contributed by atoms with Gasteiger partial charge in [-0.1, -0.05) is 42.5 Å². The summed E-state index contributed by atoms with van der Waals surface area (Å²) in [6.45, 7) is 8.43. The van der Waals surface area contributed by atoms with Crippen LogP contribution in [-0.2, 0) is 24.4 Å². The van der Waals surface area contributed by atoms with Crippen molar-refractivity contribution in [2.75, 3.05) is 20.1 Å². The topological polar surface area (TPSA) is 74.9 Å². The number of hydrogen-bond donors (Lipinski definition) is 2. The molecule has 1 saturated heterocycles. The van der Waals surface area contributed by atoms with E-state index in [4.69, 9.17) is 9.15 Å². The lowest BCUT2D eigenvalue weighted by Crippen LogP contribution is -2.44. The Kier molecular flexibility index (Phi) is 7.75. The quantitative estimate of drug-likeness (QED) is 0.424. The highest BCUT2D eigenvalue weighted by Gasteiger charge is 2.21. The van der Waals surface area contributed by atoms with Gasteiger partial charge in [0.2, 0.25) is 5.89 Å². The zero-order chi connectivity index (χ0) is 23.0. The van der Waals surface area contributed by atoms with Crippen molar-refractivity contribution in [1.82, 2.24) is 20.5 Å². The zero-order valence-electron chi connectivity index (χ0n) is 19.6. The first-order chi connectivity index (χ1) is 16.1. The molecular formula is C26H33N5O2. The molecule has 0 radical (unpaired) electrons. The third kappa shape index (κ3) is 6.66. The minimum atomic E-state index is 0.290. The van der Waals surface area contributed by atoms with Gasteiger partial charge in [-0.2, -0.15) is 0 Å². The van der Waals surface area contributed by atoms with Crippen molar-refractivity contribution >= 4 is 5.96 Å². The molecule has 7 nitrogen and oxygen atoms in total. The number of ether oxygens (including phenoxy) is 1. The third-order valence-electron chi connectivity index (χ3n) is 5.62. The lowest BCUT2D eigenvalue weighted by Gasteiger charge is -2.35. The smallest absolute Gasteiger partial charge is 0.226 e. The van der Waals surface area contributed by atoms with E-state index in [1.165, 1.54) is 11.1 Å². The van der Waals surface area contributed by atoms with Crippen molar-refractivity contribution in [2.45, 2.75) is 45.7 Å². The highest BCUT2D eigenvalue weighted by molar-refractivity contribution is 5.79. The number of nitrogens with zero attached hydrogens (tertiary/aromatic N) is 3. The van der Waals surface area contributed by atoms with Crippen LogP contribution in [0.25, 0.3) is 11.5 Å². The summed E-state index contributed by atoms with van der Waals surface area (Å²) in [5.41, 5.74) is 4.32. The van der Waals surface area contributed by atoms with Crippen LogP contribution in [0.1, 0.15) is 30.7 Å². The summed E-state index contributed by atoms with van der Waals surface area (Å²) in [5, 5.41) is 6.65. The second kappa shape index (κ2) is 11.1. The molecule has 174 valence electrons. The van der Waals surface area contributed by atoms with E-state index in [9.17, 15) is 0 Å². The summed E-state index contributed by atoms with van der Waals surface area (Å²) in [6.07, 6.45) is 2.26. The molecule has 7 heteroatoms. The summed E-state index contributed by atoms with van der Waals surface area (Å²) >= 11 is 0. The molecule has 2 heterocycles. The summed E-state index contributed by atoms with van der Waals surface area (Å²) in [7, 11) is 1.76. The SMILES string of the molecule is CN=C(NCc1ccc(CN2CC(C)OC(C)C2)cc1)NCc1coc(-c2ccccc2)n1. The summed E-state index contributed by atoms with van der Waals surface area (Å²) < 4.78 is 11.4. The Morgan fingerprint density at radius 2 is 1.64 bits per heavy atom. The number of aromatic nitrogens is 1. The van der Waals surface area contributed by atoms with E-state index in [2.05, 4.69) is 63.6 Å². The number of oxazole rings is 1. The van der Waals surface area contributed by atoms with Gasteiger partial charge >= 0.3 is 0 Å². The Morgan fingerprint density at radius 1 is 0.970 bits per heavy atom. The number of aliphatic imine (C=N–C) groups is 1. The highest BCUT2D eigenvalue weighted by atomic mass is 16.5. The van der Waals surface area contributed by atoms with Gasteiger partial charge in [-0.25, -0.2) is 4.98 Å². The minimum Gasteiger partial charge on any atom is -0.444 e. The van der Waals surface area contributed by atoms with Crippen LogP contribution in [0.5, 0.6) is 0 Å². The molecule has 0 aliphatic carbocycles. The molecule has 0 saturated carbocycles. The lowest BCUT2D eigenvalue weighted by atomic mass is 10.1. The van der Waals surface area contributed by atoms with Crippen molar-refractivity contribution in [1.29, 1.82) is 0 Å². The average Bonchev–Trinajstić information content (AvgIpc) is 3.29. The number of guanidine groups is 1. The Bertz CT molecular complexity index is 1020. The van der Waals surface area contributed by atoms with E-state index in [-0.39, 0.29) is 0 Å². The van der Waals surface area contributed by atoms with Gasteiger partial charge in [-0.3, -0.25) is 9.89 Å². The van der Waals surface area contributed by atoms with Crippen molar-refractivity contribution in [2.24, 2.45) is 4.99 Å². The predicted molar refractivity (Wildman–Crippen MR) is 131 cm³/mol. The molecule has 0 bridgehead atoms. The molecule has 2 N–H and O–H groups in total. The van der Waals surface area contributed by atoms with Crippen LogP contribution in [0.2, 0.25) is 0 Å². The van der Waals surface area contributed by atoms with Gasteiger partial charge in [0.25, 0.3) is 0 Å². The molecule has 0 spiro atoms. The van der Waals surface area contributed by atoms with Gasteiger partial charge in [0, 0.05) is 38.8 Å². The molecule has 1 aromatic heterocycles. The molecule has 2 atom stereocenters. The number of nitrogens with one attached hydrogen (secondary N) is 2. The third-order valence-corrected chi connectivity index (χ3v) is 5.62. The predicted octanol–water partition coefficient (Wildman–Crippen LogP) is 3.82. The van der Waals surface area contributed by atoms with Gasteiger partial charge in [0.1, 0.15) is 6.26 Å². The Balaban J connectivity index is 1.24. The standard InChI is InChI=1S/C26H33N5O2/c1-19-15-31(16-20(2)33-19)17-22-11-9-21(10-12-22)13-28-26(27-3)29-14-24-18-32-25(30-24)23-7-5-4-6-8-23/h4-12,18-20H,13-17H2,1-3H3,(H2,27,28,29). The van der Waals surface area contributed by atoms with Crippen LogP contribution in [0.15, 0.2) is 70.3 Å². The molecule has 1 aliphatic heterocycles. The van der Waals surface area contributed by atoms with Crippen molar-refractivity contribution in [3.63, 3.8) is 0 Å². The maximum atomic E-state index is 5.83. The fourth-order valence-corrected chi connectivity index (χ4v) is 4.12. The van der Waals surface area contributed by atoms with Crippen LogP contribution in [0.4, 0.5) is 0 Å². The van der Waals surface area contributed by atoms with Gasteiger partial charge < -0.3 is 19.8 Å². The van der Waals surface area contributed by atoms with Gasteiger partial charge in [0.05, 0.1) is 24.4 Å². The summed E-state index contributed by atoms with van der Waals surface area (Å²) in [5.74, 6) is 1.34. The Morgan fingerprint density at radius 3 is 2.33 bits per heavy atom. The molecule has 33 heavy (non-hydrogen) atoms. The first-order valence-corrected chi connectivity index (χ1v) is 11.5. The number of benzene rings is 2.